The Hall–Kier alpha value is -0.980. The average Bonchev–Trinajstić information content (AvgIpc) is 2.57. The van der Waals surface area contributed by atoms with Crippen LogP contribution >= 0.6 is 0 Å². The molecule has 0 aliphatic carbocycles. The van der Waals surface area contributed by atoms with Gasteiger partial charge in [-0.15, -0.1) is 0 Å². The van der Waals surface area contributed by atoms with Gasteiger partial charge in [-0.3, -0.25) is 0 Å². The number of benzene rings is 1. The van der Waals surface area contributed by atoms with E-state index in [1.54, 1.807) is 13.8 Å². The van der Waals surface area contributed by atoms with Crippen LogP contribution in [0.1, 0.15) is 18.1 Å². The maximum atomic E-state index is 13.3. The first-order valence-electron chi connectivity index (χ1n) is 6.26. The van der Waals surface area contributed by atoms with Gasteiger partial charge in [-0.05, 0) is 43.0 Å². The highest BCUT2D eigenvalue weighted by Crippen LogP contribution is 2.28. The minimum Gasteiger partial charge on any atom is -0.326 e. The van der Waals surface area contributed by atoms with Crippen molar-refractivity contribution in [3.63, 3.8) is 0 Å². The first-order chi connectivity index (χ1) is 8.73. The van der Waals surface area contributed by atoms with Crippen LogP contribution in [0.3, 0.4) is 0 Å². The highest BCUT2D eigenvalue weighted by atomic mass is 32.2. The van der Waals surface area contributed by atoms with Crippen LogP contribution in [0.4, 0.5) is 4.39 Å². The number of halogens is 1. The number of hydrogen-bond acceptors (Lipinski definition) is 3. The van der Waals surface area contributed by atoms with Crippen molar-refractivity contribution in [1.29, 1.82) is 0 Å². The van der Waals surface area contributed by atoms with Gasteiger partial charge in [0.15, 0.2) is 0 Å². The summed E-state index contributed by atoms with van der Waals surface area (Å²) in [5, 5.41) is 0. The summed E-state index contributed by atoms with van der Waals surface area (Å²) in [6.45, 7) is 5.90. The van der Waals surface area contributed by atoms with Crippen LogP contribution in [0, 0.1) is 25.6 Å². The van der Waals surface area contributed by atoms with Crippen LogP contribution in [0.5, 0.6) is 0 Å². The van der Waals surface area contributed by atoms with E-state index in [1.807, 2.05) is 6.92 Å². The predicted octanol–water partition coefficient (Wildman–Crippen LogP) is 1.41. The van der Waals surface area contributed by atoms with Gasteiger partial charge < -0.3 is 5.73 Å². The van der Waals surface area contributed by atoms with E-state index in [2.05, 4.69) is 0 Å². The van der Waals surface area contributed by atoms with E-state index in [0.29, 0.717) is 24.2 Å². The molecule has 1 heterocycles. The third kappa shape index (κ3) is 2.52. The van der Waals surface area contributed by atoms with Crippen molar-refractivity contribution in [1.82, 2.24) is 4.31 Å². The highest BCUT2D eigenvalue weighted by molar-refractivity contribution is 7.89. The van der Waals surface area contributed by atoms with Gasteiger partial charge in [0.25, 0.3) is 0 Å². The van der Waals surface area contributed by atoms with E-state index < -0.39 is 15.8 Å². The monoisotopic (exact) mass is 286 g/mol. The average molecular weight is 286 g/mol. The molecular weight excluding hydrogens is 267 g/mol. The SMILES string of the molecule is Cc1cc(F)cc(C)c1S(=O)(=O)N1CC(C)C(N)C1. The van der Waals surface area contributed by atoms with Crippen molar-refractivity contribution < 1.29 is 12.8 Å². The molecule has 4 nitrogen and oxygen atoms in total. The van der Waals surface area contributed by atoms with Gasteiger partial charge in [0, 0.05) is 19.1 Å². The highest BCUT2D eigenvalue weighted by Gasteiger charge is 2.36. The Bertz CT molecular complexity index is 568. The Morgan fingerprint density at radius 2 is 1.79 bits per heavy atom. The summed E-state index contributed by atoms with van der Waals surface area (Å²) in [4.78, 5) is 0.204. The molecule has 2 atom stereocenters. The zero-order chi connectivity index (χ0) is 14.4. The summed E-state index contributed by atoms with van der Waals surface area (Å²) in [7, 11) is -3.60. The third-order valence-corrected chi connectivity index (χ3v) is 5.80. The fourth-order valence-corrected chi connectivity index (χ4v) is 4.57. The lowest BCUT2D eigenvalue weighted by molar-refractivity contribution is 0.463. The fraction of sp³-hybridized carbons (Fsp3) is 0.538. The molecule has 1 aliphatic rings. The normalized spacial score (nSPS) is 24.9. The van der Waals surface area contributed by atoms with Crippen LogP contribution in [0.25, 0.3) is 0 Å². The molecule has 19 heavy (non-hydrogen) atoms. The number of aryl methyl sites for hydroxylation is 2. The number of nitrogens with two attached hydrogens (primary N) is 1. The number of hydrogen-bond donors (Lipinski definition) is 1. The molecule has 2 unspecified atom stereocenters. The molecule has 1 fully saturated rings. The molecule has 0 spiro atoms. The molecule has 1 aromatic carbocycles. The van der Waals surface area contributed by atoms with Crippen LogP contribution in [-0.2, 0) is 10.0 Å². The summed E-state index contributed by atoms with van der Waals surface area (Å²) < 4.78 is 39.9. The molecule has 1 aromatic rings. The molecule has 0 aromatic heterocycles. The molecule has 1 aliphatic heterocycles. The molecule has 2 rings (SSSR count). The van der Waals surface area contributed by atoms with Gasteiger partial charge in [0.05, 0.1) is 4.90 Å². The second-order valence-corrected chi connectivity index (χ2v) is 7.21. The lowest BCUT2D eigenvalue weighted by Gasteiger charge is -2.19. The Labute approximate surface area is 113 Å². The fourth-order valence-electron chi connectivity index (χ4n) is 2.58. The zero-order valence-electron chi connectivity index (χ0n) is 11.4. The largest absolute Gasteiger partial charge is 0.326 e. The summed E-state index contributed by atoms with van der Waals surface area (Å²) in [5.41, 5.74) is 6.75. The molecule has 0 bridgehead atoms. The van der Waals surface area contributed by atoms with Crippen molar-refractivity contribution in [3.05, 3.63) is 29.1 Å². The topological polar surface area (TPSA) is 63.4 Å². The maximum Gasteiger partial charge on any atom is 0.243 e. The van der Waals surface area contributed by atoms with Crippen molar-refractivity contribution in [2.45, 2.75) is 31.7 Å². The van der Waals surface area contributed by atoms with E-state index in [9.17, 15) is 12.8 Å². The molecule has 2 N–H and O–H groups in total. The minimum absolute atomic E-state index is 0.135. The molecular formula is C13H19FN2O2S. The molecule has 0 saturated carbocycles. The van der Waals surface area contributed by atoms with Gasteiger partial charge >= 0.3 is 0 Å². The number of nitrogens with zero attached hydrogens (tertiary/aromatic N) is 1. The number of rotatable bonds is 2. The van der Waals surface area contributed by atoms with E-state index in [0.717, 1.165) is 0 Å². The Morgan fingerprint density at radius 3 is 2.21 bits per heavy atom. The van der Waals surface area contributed by atoms with Gasteiger partial charge in [0.1, 0.15) is 5.82 Å². The summed E-state index contributed by atoms with van der Waals surface area (Å²) in [6.07, 6.45) is 0. The molecule has 6 heteroatoms. The van der Waals surface area contributed by atoms with Crippen LogP contribution in [0.15, 0.2) is 17.0 Å². The summed E-state index contributed by atoms with van der Waals surface area (Å²) >= 11 is 0. The smallest absolute Gasteiger partial charge is 0.243 e. The maximum absolute atomic E-state index is 13.3. The van der Waals surface area contributed by atoms with Gasteiger partial charge in [-0.25, -0.2) is 12.8 Å². The Kier molecular flexibility index (Phi) is 3.68. The summed E-state index contributed by atoms with van der Waals surface area (Å²) in [6, 6.07) is 2.36. The van der Waals surface area contributed by atoms with Crippen molar-refractivity contribution >= 4 is 10.0 Å². The van der Waals surface area contributed by atoms with Gasteiger partial charge in [-0.1, -0.05) is 6.92 Å². The Morgan fingerprint density at radius 1 is 1.26 bits per heavy atom. The minimum atomic E-state index is -3.60. The summed E-state index contributed by atoms with van der Waals surface area (Å²) in [5.74, 6) is -0.281. The third-order valence-electron chi connectivity index (χ3n) is 3.66. The number of sulfonamides is 1. The van der Waals surface area contributed by atoms with Crippen LogP contribution in [0.2, 0.25) is 0 Å². The van der Waals surface area contributed by atoms with E-state index in [-0.39, 0.29) is 16.9 Å². The first-order valence-corrected chi connectivity index (χ1v) is 7.70. The second-order valence-electron chi connectivity index (χ2n) is 5.33. The predicted molar refractivity (Wildman–Crippen MR) is 71.8 cm³/mol. The van der Waals surface area contributed by atoms with E-state index in [4.69, 9.17) is 5.73 Å². The van der Waals surface area contributed by atoms with Crippen molar-refractivity contribution in [2.75, 3.05) is 13.1 Å². The molecule has 106 valence electrons. The van der Waals surface area contributed by atoms with Crippen molar-refractivity contribution in [3.8, 4) is 0 Å². The molecule has 0 radical (unpaired) electrons. The Balaban J connectivity index is 2.47. The van der Waals surface area contributed by atoms with Crippen LogP contribution in [-0.4, -0.2) is 31.9 Å². The van der Waals surface area contributed by atoms with Gasteiger partial charge in [0.2, 0.25) is 10.0 Å². The lowest BCUT2D eigenvalue weighted by atomic mass is 10.1. The quantitative estimate of drug-likeness (QED) is 0.894. The first kappa shape index (κ1) is 14.4. The van der Waals surface area contributed by atoms with Crippen molar-refractivity contribution in [2.24, 2.45) is 11.7 Å². The van der Waals surface area contributed by atoms with E-state index in [1.165, 1.54) is 16.4 Å². The molecule has 0 amide bonds. The zero-order valence-corrected chi connectivity index (χ0v) is 12.2. The van der Waals surface area contributed by atoms with Crippen LogP contribution < -0.4 is 5.73 Å². The standard InChI is InChI=1S/C13H19FN2O2S/c1-8-4-11(14)5-9(2)13(8)19(17,18)16-6-10(3)12(15)7-16/h4-5,10,12H,6-7,15H2,1-3H3. The van der Waals surface area contributed by atoms with E-state index >= 15 is 0 Å². The second kappa shape index (κ2) is 4.85. The van der Waals surface area contributed by atoms with Gasteiger partial charge in [-0.2, -0.15) is 4.31 Å². The molecule has 1 saturated heterocycles. The lowest BCUT2D eigenvalue weighted by Crippen LogP contribution is -2.33.